The van der Waals surface area contributed by atoms with Gasteiger partial charge in [0.05, 0.1) is 12.6 Å². The molecule has 8 heteroatoms. The molecule has 0 aromatic rings. The Bertz CT molecular complexity index is 454. The van der Waals surface area contributed by atoms with Crippen molar-refractivity contribution in [2.45, 2.75) is 58.7 Å². The Kier molecular flexibility index (Phi) is 9.50. The van der Waals surface area contributed by atoms with Gasteiger partial charge in [0.15, 0.2) is 5.96 Å². The predicted octanol–water partition coefficient (Wildman–Crippen LogP) is 2.12. The number of likely N-dealkylation sites (N-methyl/N-ethyl adjacent to an activating group) is 1. The number of carbonyl (C=O) groups excluding carboxylic acids is 1. The van der Waals surface area contributed by atoms with E-state index in [2.05, 4.69) is 48.5 Å². The molecule has 0 unspecified atom stereocenters. The highest BCUT2D eigenvalue weighted by Gasteiger charge is 2.34. The van der Waals surface area contributed by atoms with Gasteiger partial charge >= 0.3 is 6.09 Å². The molecule has 0 spiro atoms. The lowest BCUT2D eigenvalue weighted by Gasteiger charge is -2.40. The van der Waals surface area contributed by atoms with Crippen molar-refractivity contribution in [3.8, 4) is 0 Å². The number of rotatable bonds is 5. The fourth-order valence-corrected chi connectivity index (χ4v) is 1.97. The van der Waals surface area contributed by atoms with E-state index in [0.717, 1.165) is 12.5 Å². The van der Waals surface area contributed by atoms with Crippen LogP contribution < -0.4 is 10.6 Å². The normalized spacial score (nSPS) is 16.2. The quantitative estimate of drug-likeness (QED) is 0.367. The predicted molar refractivity (Wildman–Crippen MR) is 114 cm³/mol. The van der Waals surface area contributed by atoms with Crippen molar-refractivity contribution < 1.29 is 9.53 Å². The zero-order valence-corrected chi connectivity index (χ0v) is 19.3. The number of ether oxygens (including phenoxy) is 1. The largest absolute Gasteiger partial charge is 0.444 e. The van der Waals surface area contributed by atoms with Gasteiger partial charge in [-0.05, 0) is 55.6 Å². The molecule has 0 radical (unpaired) electrons. The van der Waals surface area contributed by atoms with Crippen LogP contribution in [0.15, 0.2) is 4.99 Å². The molecule has 1 amide bonds. The second kappa shape index (κ2) is 9.80. The highest BCUT2D eigenvalue weighted by Crippen LogP contribution is 2.15. The van der Waals surface area contributed by atoms with Crippen LogP contribution in [-0.4, -0.2) is 79.3 Å². The van der Waals surface area contributed by atoms with Crippen LogP contribution in [0, 0.1) is 0 Å². The molecule has 0 bridgehead atoms. The number of nitrogens with one attached hydrogen (secondary N) is 2. The van der Waals surface area contributed by atoms with E-state index in [9.17, 15) is 4.79 Å². The maximum Gasteiger partial charge on any atom is 0.410 e. The van der Waals surface area contributed by atoms with E-state index in [0.29, 0.717) is 19.6 Å². The van der Waals surface area contributed by atoms with Gasteiger partial charge in [-0.25, -0.2) is 4.79 Å². The highest BCUT2D eigenvalue weighted by molar-refractivity contribution is 14.0. The van der Waals surface area contributed by atoms with E-state index in [-0.39, 0.29) is 41.7 Å². The molecule has 1 rings (SSSR count). The molecule has 1 saturated heterocycles. The molecule has 25 heavy (non-hydrogen) atoms. The number of amides is 1. The van der Waals surface area contributed by atoms with E-state index < -0.39 is 5.60 Å². The molecule has 0 aromatic carbocycles. The lowest BCUT2D eigenvalue weighted by Crippen LogP contribution is -2.63. The summed E-state index contributed by atoms with van der Waals surface area (Å²) in [6, 6.07) is 0.206. The number of likely N-dealkylation sites (tertiary alicyclic amines) is 1. The van der Waals surface area contributed by atoms with E-state index in [4.69, 9.17) is 4.74 Å². The van der Waals surface area contributed by atoms with Crippen LogP contribution in [0.25, 0.3) is 0 Å². The second-order valence-electron chi connectivity index (χ2n) is 8.13. The Balaban J connectivity index is 0.00000576. The van der Waals surface area contributed by atoms with Gasteiger partial charge in [0.25, 0.3) is 0 Å². The number of halogens is 1. The third kappa shape index (κ3) is 8.44. The van der Waals surface area contributed by atoms with Crippen LogP contribution in [0.3, 0.4) is 0 Å². The summed E-state index contributed by atoms with van der Waals surface area (Å²) in [7, 11) is 4.11. The van der Waals surface area contributed by atoms with Crippen LogP contribution in [0.2, 0.25) is 0 Å². The standard InChI is InChI=1S/C17H35N5O2.HI/c1-9-18-14(19-12-17(5,6)21(7)8)20-13-10-22(11-13)15(23)24-16(2,3)4;/h13H,9-12H2,1-8H3,(H2,18,19,20);1H. The van der Waals surface area contributed by atoms with E-state index in [1.807, 2.05) is 27.7 Å². The van der Waals surface area contributed by atoms with Gasteiger partial charge in [0.1, 0.15) is 5.60 Å². The molecule has 148 valence electrons. The number of aliphatic imine (C=N–C) groups is 1. The fraction of sp³-hybridized carbons (Fsp3) is 0.882. The molecule has 0 atom stereocenters. The van der Waals surface area contributed by atoms with Crippen molar-refractivity contribution in [1.82, 2.24) is 20.4 Å². The van der Waals surface area contributed by atoms with Crippen molar-refractivity contribution in [1.29, 1.82) is 0 Å². The minimum atomic E-state index is -0.455. The first-order valence-corrected chi connectivity index (χ1v) is 8.65. The van der Waals surface area contributed by atoms with Gasteiger partial charge in [-0.3, -0.25) is 4.99 Å². The van der Waals surface area contributed by atoms with Crippen LogP contribution in [0.5, 0.6) is 0 Å². The maximum absolute atomic E-state index is 12.0. The van der Waals surface area contributed by atoms with Gasteiger partial charge in [0, 0.05) is 25.2 Å². The first-order chi connectivity index (χ1) is 10.9. The molecule has 1 aliphatic heterocycles. The smallest absolute Gasteiger partial charge is 0.410 e. The SMILES string of the molecule is CCNC(=NCC(C)(C)N(C)C)NC1CN(C(=O)OC(C)(C)C)C1.I. The molecule has 0 aromatic heterocycles. The summed E-state index contributed by atoms with van der Waals surface area (Å²) >= 11 is 0. The fourth-order valence-electron chi connectivity index (χ4n) is 1.97. The van der Waals surface area contributed by atoms with Crippen molar-refractivity contribution in [2.75, 3.05) is 40.3 Å². The molecular formula is C17H36IN5O2. The minimum absolute atomic E-state index is 0. The summed E-state index contributed by atoms with van der Waals surface area (Å²) in [5.74, 6) is 0.793. The van der Waals surface area contributed by atoms with Gasteiger partial charge < -0.3 is 25.2 Å². The van der Waals surface area contributed by atoms with Crippen LogP contribution in [0.4, 0.5) is 4.79 Å². The minimum Gasteiger partial charge on any atom is -0.444 e. The second-order valence-corrected chi connectivity index (χ2v) is 8.13. The number of hydrogen-bond donors (Lipinski definition) is 2. The molecule has 1 aliphatic rings. The van der Waals surface area contributed by atoms with Crippen LogP contribution >= 0.6 is 24.0 Å². The monoisotopic (exact) mass is 469 g/mol. The first-order valence-electron chi connectivity index (χ1n) is 8.65. The lowest BCUT2D eigenvalue weighted by molar-refractivity contribution is 0.00700. The van der Waals surface area contributed by atoms with Gasteiger partial charge in [-0.2, -0.15) is 0 Å². The third-order valence-electron chi connectivity index (χ3n) is 4.05. The summed E-state index contributed by atoms with van der Waals surface area (Å²) < 4.78 is 5.37. The molecule has 0 aliphatic carbocycles. The summed E-state index contributed by atoms with van der Waals surface area (Å²) in [6.45, 7) is 14.8. The van der Waals surface area contributed by atoms with Crippen LogP contribution in [0.1, 0.15) is 41.5 Å². The van der Waals surface area contributed by atoms with Crippen molar-refractivity contribution in [2.24, 2.45) is 4.99 Å². The van der Waals surface area contributed by atoms with Crippen molar-refractivity contribution in [3.63, 3.8) is 0 Å². The zero-order valence-electron chi connectivity index (χ0n) is 17.0. The molecule has 2 N–H and O–H groups in total. The van der Waals surface area contributed by atoms with E-state index in [1.165, 1.54) is 0 Å². The van der Waals surface area contributed by atoms with E-state index in [1.54, 1.807) is 4.90 Å². The van der Waals surface area contributed by atoms with Crippen molar-refractivity contribution in [3.05, 3.63) is 0 Å². The molecule has 1 fully saturated rings. The Labute approximate surface area is 170 Å². The Morgan fingerprint density at radius 3 is 2.24 bits per heavy atom. The van der Waals surface area contributed by atoms with Gasteiger partial charge in [-0.1, -0.05) is 0 Å². The Hall–Kier alpha value is -0.770. The average Bonchev–Trinajstić information content (AvgIpc) is 2.37. The zero-order chi connectivity index (χ0) is 18.5. The van der Waals surface area contributed by atoms with Gasteiger partial charge in [0.2, 0.25) is 0 Å². The Morgan fingerprint density at radius 2 is 1.80 bits per heavy atom. The third-order valence-corrected chi connectivity index (χ3v) is 4.05. The number of nitrogens with zero attached hydrogens (tertiary/aromatic N) is 3. The summed E-state index contributed by atoms with van der Waals surface area (Å²) in [6.07, 6.45) is -0.253. The topological polar surface area (TPSA) is 69.2 Å². The summed E-state index contributed by atoms with van der Waals surface area (Å²) in [4.78, 5) is 20.5. The lowest BCUT2D eigenvalue weighted by atomic mass is 10.1. The number of carbonyl (C=O) groups is 1. The first kappa shape index (κ1) is 24.2. The number of guanidine groups is 1. The summed E-state index contributed by atoms with van der Waals surface area (Å²) in [5, 5.41) is 6.65. The van der Waals surface area contributed by atoms with Crippen molar-refractivity contribution >= 4 is 36.0 Å². The molecular weight excluding hydrogens is 433 g/mol. The summed E-state index contributed by atoms with van der Waals surface area (Å²) in [5.41, 5.74) is -0.464. The molecule has 1 heterocycles. The maximum atomic E-state index is 12.0. The van der Waals surface area contributed by atoms with E-state index >= 15 is 0 Å². The highest BCUT2D eigenvalue weighted by atomic mass is 127. The average molecular weight is 469 g/mol. The number of hydrogen-bond acceptors (Lipinski definition) is 4. The van der Waals surface area contributed by atoms with Crippen LogP contribution in [-0.2, 0) is 4.74 Å². The molecule has 0 saturated carbocycles. The Morgan fingerprint density at radius 1 is 1.24 bits per heavy atom. The molecule has 7 nitrogen and oxygen atoms in total. The van der Waals surface area contributed by atoms with Gasteiger partial charge in [-0.15, -0.1) is 24.0 Å².